The summed E-state index contributed by atoms with van der Waals surface area (Å²) in [7, 11) is 0. The summed E-state index contributed by atoms with van der Waals surface area (Å²) in [6.07, 6.45) is 7.25. The minimum atomic E-state index is -1.33. The summed E-state index contributed by atoms with van der Waals surface area (Å²) in [5, 5.41) is 38.7. The third kappa shape index (κ3) is 9.70. The highest BCUT2D eigenvalue weighted by Gasteiger charge is 2.39. The van der Waals surface area contributed by atoms with E-state index in [2.05, 4.69) is 39.0 Å². The van der Waals surface area contributed by atoms with Gasteiger partial charge < -0.3 is 29.9 Å². The van der Waals surface area contributed by atoms with Gasteiger partial charge in [-0.05, 0) is 108 Å². The van der Waals surface area contributed by atoms with Crippen LogP contribution < -0.4 is 4.74 Å². The van der Waals surface area contributed by atoms with Gasteiger partial charge in [0.25, 0.3) is 0 Å². The van der Waals surface area contributed by atoms with Crippen molar-refractivity contribution in [3.63, 3.8) is 0 Å². The molecule has 0 radical (unpaired) electrons. The quantitative estimate of drug-likeness (QED) is 0.258. The first-order valence-corrected chi connectivity index (χ1v) is 13.5. The van der Waals surface area contributed by atoms with Gasteiger partial charge in [0.1, 0.15) is 24.1 Å². The number of allylic oxidation sites excluding steroid dienone is 6. The van der Waals surface area contributed by atoms with E-state index in [1.54, 1.807) is 0 Å². The summed E-state index contributed by atoms with van der Waals surface area (Å²) >= 11 is 0. The molecule has 1 aromatic rings. The van der Waals surface area contributed by atoms with E-state index in [0.717, 1.165) is 54.4 Å². The van der Waals surface area contributed by atoms with Crippen LogP contribution in [0.5, 0.6) is 5.75 Å². The number of carboxylic acids is 1. The first kappa shape index (κ1) is 31.8. The molecule has 4 N–H and O–H groups in total. The van der Waals surface area contributed by atoms with Gasteiger partial charge in [0.05, 0.1) is 6.61 Å². The summed E-state index contributed by atoms with van der Waals surface area (Å²) in [6, 6.07) is 1.98. The summed E-state index contributed by atoms with van der Waals surface area (Å²) in [5.41, 5.74) is 8.18. The number of carbonyl (C=O) groups is 1. The summed E-state index contributed by atoms with van der Waals surface area (Å²) in [4.78, 5) is 10.7. The molecule has 7 heteroatoms. The Kier molecular flexibility index (Phi) is 12.7. The molecule has 38 heavy (non-hydrogen) atoms. The maximum absolute atomic E-state index is 10.7. The number of aliphatic hydroxyl groups is 3. The standard InChI is InChI=1S/C31H46O7/c1-19(10-8-12-21(3)14-16-28(33)34)9-7-11-20(2)13-15-25-17-27(24(6)22(4)23(25)5)38-31-30(36)29(35)26(32)18-37-31/h9,12-13,17,26,29-32,35-36H,7-8,10-11,14-16,18H2,1-6H3,(H,33,34)/b19-9+,20-13?,21-12+/t26-,29+,30-,31+/m1/s1. The van der Waals surface area contributed by atoms with Crippen molar-refractivity contribution in [2.75, 3.05) is 6.61 Å². The minimum Gasteiger partial charge on any atom is -0.481 e. The van der Waals surface area contributed by atoms with Gasteiger partial charge in [-0.25, -0.2) is 0 Å². The van der Waals surface area contributed by atoms with Gasteiger partial charge in [0.15, 0.2) is 0 Å². The molecule has 1 aliphatic heterocycles. The molecule has 7 nitrogen and oxygen atoms in total. The molecule has 0 bridgehead atoms. The van der Waals surface area contributed by atoms with E-state index >= 15 is 0 Å². The number of benzene rings is 1. The summed E-state index contributed by atoms with van der Waals surface area (Å²) < 4.78 is 11.4. The fourth-order valence-electron chi connectivity index (χ4n) is 4.41. The van der Waals surface area contributed by atoms with Gasteiger partial charge in [-0.15, -0.1) is 0 Å². The molecule has 1 aromatic carbocycles. The molecule has 0 spiro atoms. The molecule has 2 rings (SSSR count). The average Bonchev–Trinajstić information content (AvgIpc) is 2.87. The van der Waals surface area contributed by atoms with Crippen molar-refractivity contribution in [1.29, 1.82) is 0 Å². The average molecular weight is 531 g/mol. The SMILES string of the molecule is CC(=CCc1cc(O[C@@H]2OC[C@@H](O)[C@H](O)[C@H]2O)c(C)c(C)c1C)CC/C=C(\C)CC/C=C(\C)CCC(=O)O. The van der Waals surface area contributed by atoms with Crippen LogP contribution in [0, 0.1) is 20.8 Å². The minimum absolute atomic E-state index is 0.0986. The molecular weight excluding hydrogens is 484 g/mol. The van der Waals surface area contributed by atoms with E-state index in [9.17, 15) is 20.1 Å². The Bertz CT molecular complexity index is 1040. The normalized spacial score (nSPS) is 23.0. The van der Waals surface area contributed by atoms with E-state index in [1.807, 2.05) is 26.8 Å². The zero-order chi connectivity index (χ0) is 28.4. The topological polar surface area (TPSA) is 116 Å². The zero-order valence-electron chi connectivity index (χ0n) is 23.8. The van der Waals surface area contributed by atoms with Crippen molar-refractivity contribution < 1.29 is 34.7 Å². The van der Waals surface area contributed by atoms with Crippen LogP contribution in [-0.2, 0) is 16.0 Å². The van der Waals surface area contributed by atoms with E-state index in [1.165, 1.54) is 16.7 Å². The van der Waals surface area contributed by atoms with Crippen molar-refractivity contribution in [2.45, 2.75) is 111 Å². The van der Waals surface area contributed by atoms with Crippen LogP contribution in [0.2, 0.25) is 0 Å². The predicted molar refractivity (Wildman–Crippen MR) is 149 cm³/mol. The number of aliphatic carboxylic acids is 1. The van der Waals surface area contributed by atoms with E-state index in [-0.39, 0.29) is 13.0 Å². The molecule has 0 amide bonds. The molecule has 1 aliphatic rings. The van der Waals surface area contributed by atoms with Crippen molar-refractivity contribution in [2.24, 2.45) is 0 Å². The van der Waals surface area contributed by atoms with E-state index < -0.39 is 30.6 Å². The van der Waals surface area contributed by atoms with Crippen molar-refractivity contribution >= 4 is 5.97 Å². The number of aliphatic hydroxyl groups excluding tert-OH is 3. The van der Waals surface area contributed by atoms with Gasteiger partial charge in [-0.3, -0.25) is 4.79 Å². The first-order valence-electron chi connectivity index (χ1n) is 13.5. The van der Waals surface area contributed by atoms with Crippen molar-refractivity contribution in [3.05, 3.63) is 63.3 Å². The Balaban J connectivity index is 1.94. The van der Waals surface area contributed by atoms with Gasteiger partial charge in [-0.2, -0.15) is 0 Å². The lowest BCUT2D eigenvalue weighted by molar-refractivity contribution is -0.242. The number of carboxylic acid groups (broad SMARTS) is 1. The Morgan fingerprint density at radius 3 is 2.05 bits per heavy atom. The van der Waals surface area contributed by atoms with Crippen molar-refractivity contribution in [3.8, 4) is 5.75 Å². The monoisotopic (exact) mass is 530 g/mol. The number of hydrogen-bond acceptors (Lipinski definition) is 6. The van der Waals surface area contributed by atoms with Crippen LogP contribution >= 0.6 is 0 Å². The summed E-state index contributed by atoms with van der Waals surface area (Å²) in [6.45, 7) is 12.3. The Morgan fingerprint density at radius 2 is 1.45 bits per heavy atom. The van der Waals surface area contributed by atoms with E-state index in [4.69, 9.17) is 14.6 Å². The second-order valence-electron chi connectivity index (χ2n) is 10.6. The fourth-order valence-corrected chi connectivity index (χ4v) is 4.41. The van der Waals surface area contributed by atoms with Crippen molar-refractivity contribution in [1.82, 2.24) is 0 Å². The Hall–Kier alpha value is -2.45. The van der Waals surface area contributed by atoms with Crippen LogP contribution in [0.15, 0.2) is 41.0 Å². The largest absolute Gasteiger partial charge is 0.481 e. The predicted octanol–water partition coefficient (Wildman–Crippen LogP) is 5.24. The smallest absolute Gasteiger partial charge is 0.303 e. The second-order valence-corrected chi connectivity index (χ2v) is 10.6. The molecule has 0 unspecified atom stereocenters. The van der Waals surface area contributed by atoms with Gasteiger partial charge in [-0.1, -0.05) is 34.9 Å². The molecule has 212 valence electrons. The van der Waals surface area contributed by atoms with Crippen LogP contribution in [-0.4, -0.2) is 57.6 Å². The Labute approximate surface area is 227 Å². The molecule has 0 saturated carbocycles. The third-order valence-corrected chi connectivity index (χ3v) is 7.45. The van der Waals surface area contributed by atoms with E-state index in [0.29, 0.717) is 12.2 Å². The lowest BCUT2D eigenvalue weighted by Crippen LogP contribution is -2.54. The molecule has 1 heterocycles. The zero-order valence-corrected chi connectivity index (χ0v) is 23.8. The van der Waals surface area contributed by atoms with Gasteiger partial charge in [0.2, 0.25) is 6.29 Å². The highest BCUT2D eigenvalue weighted by Crippen LogP contribution is 2.31. The van der Waals surface area contributed by atoms with Crippen LogP contribution in [0.3, 0.4) is 0 Å². The lowest BCUT2D eigenvalue weighted by atomic mass is 9.95. The van der Waals surface area contributed by atoms with Crippen LogP contribution in [0.4, 0.5) is 0 Å². The molecular formula is C31H46O7. The Morgan fingerprint density at radius 1 is 0.868 bits per heavy atom. The van der Waals surface area contributed by atoms with Gasteiger partial charge >= 0.3 is 5.97 Å². The lowest BCUT2D eigenvalue weighted by Gasteiger charge is -2.35. The molecule has 4 atom stereocenters. The highest BCUT2D eigenvalue weighted by molar-refractivity contribution is 5.67. The van der Waals surface area contributed by atoms with Crippen LogP contribution in [0.1, 0.15) is 81.5 Å². The molecule has 0 aliphatic carbocycles. The fraction of sp³-hybridized carbons (Fsp3) is 0.581. The highest BCUT2D eigenvalue weighted by atomic mass is 16.7. The molecule has 1 fully saturated rings. The number of rotatable bonds is 13. The first-order chi connectivity index (χ1) is 17.9. The summed E-state index contributed by atoms with van der Waals surface area (Å²) in [5.74, 6) is -0.151. The third-order valence-electron chi connectivity index (χ3n) is 7.45. The molecule has 1 saturated heterocycles. The maximum Gasteiger partial charge on any atom is 0.303 e. The number of hydrogen-bond donors (Lipinski definition) is 4. The maximum atomic E-state index is 10.7. The second kappa shape index (κ2) is 15.2. The van der Waals surface area contributed by atoms with Gasteiger partial charge in [0, 0.05) is 6.42 Å². The molecule has 0 aromatic heterocycles. The van der Waals surface area contributed by atoms with Crippen LogP contribution in [0.25, 0.3) is 0 Å². The number of ether oxygens (including phenoxy) is 2.